The van der Waals surface area contributed by atoms with Crippen LogP contribution in [0.2, 0.25) is 0 Å². The van der Waals surface area contributed by atoms with Crippen LogP contribution in [0.4, 0.5) is 0 Å². The average molecular weight is 368 g/mol. The van der Waals surface area contributed by atoms with Gasteiger partial charge in [-0.25, -0.2) is 0 Å². The molecule has 1 rings (SSSR count). The third-order valence-corrected chi connectivity index (χ3v) is 3.47. The van der Waals surface area contributed by atoms with Crippen LogP contribution in [0.1, 0.15) is 11.6 Å². The minimum atomic E-state index is -1.26. The molecule has 10 nitrogen and oxygen atoms in total. The lowest BCUT2D eigenvalue weighted by Gasteiger charge is -2.29. The topological polar surface area (TPSA) is 156 Å². The smallest absolute Gasteiger partial charge is 0.325 e. The van der Waals surface area contributed by atoms with Gasteiger partial charge in [0.15, 0.2) is 0 Å². The fourth-order valence-electron chi connectivity index (χ4n) is 2.48. The Morgan fingerprint density at radius 3 is 1.69 bits per heavy atom. The molecule has 1 aromatic rings. The van der Waals surface area contributed by atoms with Crippen molar-refractivity contribution in [2.75, 3.05) is 32.7 Å². The zero-order valence-electron chi connectivity index (χ0n) is 13.8. The summed E-state index contributed by atoms with van der Waals surface area (Å²) < 4.78 is 0. The first-order valence-corrected chi connectivity index (χ1v) is 7.60. The fourth-order valence-corrected chi connectivity index (χ4v) is 2.48. The number of carboxylic acid groups (broad SMARTS) is 4. The number of nitrogens with zero attached hydrogens (tertiary/aromatic N) is 2. The summed E-state index contributed by atoms with van der Waals surface area (Å²) in [5.41, 5.74) is 0.365. The van der Waals surface area contributed by atoms with E-state index >= 15 is 0 Å². The molecule has 0 aliphatic heterocycles. The van der Waals surface area contributed by atoms with Gasteiger partial charge in [-0.1, -0.05) is 30.3 Å². The van der Waals surface area contributed by atoms with Gasteiger partial charge in [-0.15, -0.1) is 0 Å². The van der Waals surface area contributed by atoms with Crippen LogP contribution in [0.5, 0.6) is 0 Å². The van der Waals surface area contributed by atoms with Crippen LogP contribution in [-0.2, 0) is 19.2 Å². The molecule has 0 saturated heterocycles. The van der Waals surface area contributed by atoms with Crippen LogP contribution < -0.4 is 0 Å². The van der Waals surface area contributed by atoms with Crippen LogP contribution >= 0.6 is 0 Å². The second-order valence-corrected chi connectivity index (χ2v) is 5.51. The molecule has 1 unspecified atom stereocenters. The lowest BCUT2D eigenvalue weighted by molar-refractivity contribution is -0.148. The lowest BCUT2D eigenvalue weighted by atomic mass is 10.1. The first kappa shape index (κ1) is 21.1. The van der Waals surface area contributed by atoms with Crippen LogP contribution in [0.15, 0.2) is 30.3 Å². The second-order valence-electron chi connectivity index (χ2n) is 5.51. The quantitative estimate of drug-likeness (QED) is 0.385. The first-order valence-electron chi connectivity index (χ1n) is 7.60. The summed E-state index contributed by atoms with van der Waals surface area (Å²) >= 11 is 0. The molecule has 0 aromatic heterocycles. The van der Waals surface area contributed by atoms with Crippen LogP contribution in [0.25, 0.3) is 0 Å². The molecule has 0 aliphatic rings. The molecule has 1 aromatic carbocycles. The molecule has 0 aliphatic carbocycles. The van der Waals surface area contributed by atoms with Crippen molar-refractivity contribution in [3.05, 3.63) is 35.9 Å². The Labute approximate surface area is 148 Å². The van der Waals surface area contributed by atoms with Gasteiger partial charge >= 0.3 is 23.9 Å². The molecule has 4 N–H and O–H groups in total. The molecular formula is C16H20N2O8. The number of carbonyl (C=O) groups is 4. The van der Waals surface area contributed by atoms with Crippen LogP contribution in [-0.4, -0.2) is 86.8 Å². The molecule has 0 bridgehead atoms. The summed E-state index contributed by atoms with van der Waals surface area (Å²) in [4.78, 5) is 46.7. The van der Waals surface area contributed by atoms with Gasteiger partial charge in [0.25, 0.3) is 0 Å². The van der Waals surface area contributed by atoms with Gasteiger partial charge in [-0.2, -0.15) is 0 Å². The van der Waals surface area contributed by atoms with Gasteiger partial charge in [0, 0.05) is 13.1 Å². The van der Waals surface area contributed by atoms with Crippen molar-refractivity contribution in [3.8, 4) is 0 Å². The third-order valence-electron chi connectivity index (χ3n) is 3.47. The van der Waals surface area contributed by atoms with Gasteiger partial charge < -0.3 is 20.4 Å². The number of rotatable bonds is 12. The minimum Gasteiger partial charge on any atom is -0.480 e. The van der Waals surface area contributed by atoms with E-state index < -0.39 is 49.6 Å². The summed E-state index contributed by atoms with van der Waals surface area (Å²) in [7, 11) is 0. The molecule has 0 radical (unpaired) electrons. The maximum Gasteiger partial charge on any atom is 0.325 e. The highest BCUT2D eigenvalue weighted by atomic mass is 16.4. The first-order chi connectivity index (χ1) is 12.2. The van der Waals surface area contributed by atoms with E-state index in [1.165, 1.54) is 0 Å². The fraction of sp³-hybridized carbons (Fsp3) is 0.375. The highest BCUT2D eigenvalue weighted by molar-refractivity contribution is 5.77. The van der Waals surface area contributed by atoms with E-state index in [-0.39, 0.29) is 13.1 Å². The zero-order valence-corrected chi connectivity index (χ0v) is 13.8. The Bertz CT molecular complexity index is 633. The Morgan fingerprint density at radius 1 is 0.769 bits per heavy atom. The summed E-state index contributed by atoms with van der Waals surface area (Å²) in [6.07, 6.45) is 0. The predicted molar refractivity (Wildman–Crippen MR) is 87.7 cm³/mol. The van der Waals surface area contributed by atoms with Gasteiger partial charge in [-0.3, -0.25) is 29.0 Å². The van der Waals surface area contributed by atoms with Gasteiger partial charge in [0.1, 0.15) is 6.04 Å². The summed E-state index contributed by atoms with van der Waals surface area (Å²) in [5.74, 6) is -5.00. The number of hydrogen-bond acceptors (Lipinski definition) is 6. The van der Waals surface area contributed by atoms with E-state index in [1.54, 1.807) is 30.3 Å². The Morgan fingerprint density at radius 2 is 1.27 bits per heavy atom. The van der Waals surface area contributed by atoms with E-state index in [1.807, 2.05) is 0 Å². The molecular weight excluding hydrogens is 348 g/mol. The highest BCUT2D eigenvalue weighted by Gasteiger charge is 2.29. The number of hydrogen-bond donors (Lipinski definition) is 4. The van der Waals surface area contributed by atoms with Crippen molar-refractivity contribution in [3.63, 3.8) is 0 Å². The second kappa shape index (κ2) is 10.1. The van der Waals surface area contributed by atoms with Crippen molar-refractivity contribution in [1.29, 1.82) is 0 Å². The number of aliphatic carboxylic acids is 4. The summed E-state index contributed by atoms with van der Waals surface area (Å²) in [5, 5.41) is 36.3. The largest absolute Gasteiger partial charge is 0.480 e. The molecule has 0 fully saturated rings. The van der Waals surface area contributed by atoms with Crippen molar-refractivity contribution in [2.24, 2.45) is 0 Å². The molecule has 142 valence electrons. The maximum absolute atomic E-state index is 11.7. The van der Waals surface area contributed by atoms with Gasteiger partial charge in [0.2, 0.25) is 0 Å². The third kappa shape index (κ3) is 7.28. The number of carboxylic acids is 4. The van der Waals surface area contributed by atoms with Gasteiger partial charge in [0.05, 0.1) is 19.6 Å². The van der Waals surface area contributed by atoms with E-state index in [0.29, 0.717) is 5.56 Å². The lowest BCUT2D eigenvalue weighted by Crippen LogP contribution is -2.44. The standard InChI is InChI=1S/C16H20N2O8/c19-12(20)8-17(9-13(21)22)6-7-18(10-14(23)24)15(16(25)26)11-4-2-1-3-5-11/h1-5,15H,6-10H2,(H,19,20)(H,21,22)(H,23,24)(H,25,26). The normalized spacial score (nSPS) is 12.1. The average Bonchev–Trinajstić information content (AvgIpc) is 2.51. The molecule has 0 saturated carbocycles. The zero-order chi connectivity index (χ0) is 19.7. The van der Waals surface area contributed by atoms with Crippen molar-refractivity contribution in [1.82, 2.24) is 9.80 Å². The van der Waals surface area contributed by atoms with Crippen LogP contribution in [0.3, 0.4) is 0 Å². The molecule has 0 amide bonds. The van der Waals surface area contributed by atoms with Crippen molar-refractivity contribution >= 4 is 23.9 Å². The predicted octanol–water partition coefficient (Wildman–Crippen LogP) is -0.330. The van der Waals surface area contributed by atoms with Gasteiger partial charge in [-0.05, 0) is 5.56 Å². The monoisotopic (exact) mass is 368 g/mol. The summed E-state index contributed by atoms with van der Waals surface area (Å²) in [6.45, 7) is -1.98. The van der Waals surface area contributed by atoms with Crippen molar-refractivity contribution < 1.29 is 39.6 Å². The molecule has 26 heavy (non-hydrogen) atoms. The molecule has 10 heteroatoms. The van der Waals surface area contributed by atoms with Crippen molar-refractivity contribution in [2.45, 2.75) is 6.04 Å². The van der Waals surface area contributed by atoms with E-state index in [0.717, 1.165) is 9.80 Å². The number of benzene rings is 1. The molecule has 0 spiro atoms. The minimum absolute atomic E-state index is 0.123. The maximum atomic E-state index is 11.7. The summed E-state index contributed by atoms with van der Waals surface area (Å²) in [6, 6.07) is 6.74. The highest BCUT2D eigenvalue weighted by Crippen LogP contribution is 2.20. The Balaban J connectivity index is 2.99. The van der Waals surface area contributed by atoms with E-state index in [9.17, 15) is 24.3 Å². The van der Waals surface area contributed by atoms with E-state index in [4.69, 9.17) is 15.3 Å². The SMILES string of the molecule is O=C(O)CN(CCN(CC(=O)O)C(C(=O)O)c1ccccc1)CC(=O)O. The Kier molecular flexibility index (Phi) is 8.19. The molecule has 1 atom stereocenters. The Hall–Kier alpha value is -2.98. The van der Waals surface area contributed by atoms with Crippen LogP contribution in [0, 0.1) is 0 Å². The van der Waals surface area contributed by atoms with E-state index in [2.05, 4.69) is 0 Å². The molecule has 0 heterocycles.